The molecule has 0 saturated heterocycles. The van der Waals surface area contributed by atoms with Gasteiger partial charge in [0, 0.05) is 0 Å². The zero-order valence-electron chi connectivity index (χ0n) is 8.43. The molecular weight excluding hydrogens is 200 g/mol. The smallest absolute Gasteiger partial charge is 0.331 e. The standard InChI is InChI=1S/C9H12N2O4/c1-2-15-9(14)8(11-7-13)4-3-5-10-6-12/h8H,2-5H2,1H3. The van der Waals surface area contributed by atoms with Crippen molar-refractivity contribution >= 4 is 18.1 Å². The van der Waals surface area contributed by atoms with Crippen LogP contribution in [0.3, 0.4) is 0 Å². The highest BCUT2D eigenvalue weighted by Crippen LogP contribution is 2.04. The third-order valence-electron chi connectivity index (χ3n) is 1.58. The van der Waals surface area contributed by atoms with Crippen molar-refractivity contribution in [2.75, 3.05) is 13.2 Å². The second kappa shape index (κ2) is 8.81. The molecule has 0 aromatic carbocycles. The van der Waals surface area contributed by atoms with Gasteiger partial charge in [-0.3, -0.25) is 0 Å². The SMILES string of the molecule is CCOC(=O)C(CCCN=C=O)N=C=O. The van der Waals surface area contributed by atoms with Gasteiger partial charge < -0.3 is 4.74 Å². The Morgan fingerprint density at radius 3 is 2.67 bits per heavy atom. The first-order valence-electron chi connectivity index (χ1n) is 4.53. The molecule has 0 radical (unpaired) electrons. The van der Waals surface area contributed by atoms with E-state index in [9.17, 15) is 14.4 Å². The van der Waals surface area contributed by atoms with E-state index in [4.69, 9.17) is 4.74 Å². The molecule has 0 rings (SSSR count). The summed E-state index contributed by atoms with van der Waals surface area (Å²) >= 11 is 0. The first-order valence-corrected chi connectivity index (χ1v) is 4.53. The van der Waals surface area contributed by atoms with Gasteiger partial charge in [-0.25, -0.2) is 19.4 Å². The van der Waals surface area contributed by atoms with Crippen molar-refractivity contribution in [3.8, 4) is 0 Å². The summed E-state index contributed by atoms with van der Waals surface area (Å²) in [6, 6.07) is -0.843. The molecule has 0 saturated carbocycles. The summed E-state index contributed by atoms with van der Waals surface area (Å²) in [5, 5.41) is 0. The maximum absolute atomic E-state index is 11.2. The highest BCUT2D eigenvalue weighted by atomic mass is 16.5. The Morgan fingerprint density at radius 2 is 2.13 bits per heavy atom. The third kappa shape index (κ3) is 6.32. The maximum atomic E-state index is 11.2. The number of esters is 1. The molecule has 0 aliphatic rings. The first-order chi connectivity index (χ1) is 7.26. The summed E-state index contributed by atoms with van der Waals surface area (Å²) in [7, 11) is 0. The zero-order valence-corrected chi connectivity index (χ0v) is 8.43. The predicted molar refractivity (Wildman–Crippen MR) is 50.8 cm³/mol. The van der Waals surface area contributed by atoms with Gasteiger partial charge in [0.1, 0.15) is 0 Å². The lowest BCUT2D eigenvalue weighted by atomic mass is 10.1. The highest BCUT2D eigenvalue weighted by Gasteiger charge is 2.17. The van der Waals surface area contributed by atoms with Crippen LogP contribution >= 0.6 is 0 Å². The fraction of sp³-hybridized carbons (Fsp3) is 0.667. The van der Waals surface area contributed by atoms with Gasteiger partial charge >= 0.3 is 5.97 Å². The minimum atomic E-state index is -0.843. The fourth-order valence-electron chi connectivity index (χ4n) is 0.947. The maximum Gasteiger partial charge on any atom is 0.331 e. The second-order valence-corrected chi connectivity index (χ2v) is 2.60. The minimum absolute atomic E-state index is 0.232. The van der Waals surface area contributed by atoms with Gasteiger partial charge in [0.05, 0.1) is 13.2 Å². The molecule has 1 atom stereocenters. The second-order valence-electron chi connectivity index (χ2n) is 2.60. The monoisotopic (exact) mass is 212 g/mol. The third-order valence-corrected chi connectivity index (χ3v) is 1.58. The van der Waals surface area contributed by atoms with Gasteiger partial charge in [0.2, 0.25) is 12.2 Å². The average Bonchev–Trinajstić information content (AvgIpc) is 2.23. The van der Waals surface area contributed by atoms with Crippen LogP contribution in [0.5, 0.6) is 0 Å². The van der Waals surface area contributed by atoms with E-state index in [-0.39, 0.29) is 13.2 Å². The van der Waals surface area contributed by atoms with Crippen LogP contribution in [0, 0.1) is 0 Å². The van der Waals surface area contributed by atoms with Crippen molar-refractivity contribution in [3.63, 3.8) is 0 Å². The van der Waals surface area contributed by atoms with Crippen molar-refractivity contribution in [1.82, 2.24) is 0 Å². The van der Waals surface area contributed by atoms with Crippen LogP contribution in [0.2, 0.25) is 0 Å². The van der Waals surface area contributed by atoms with Crippen molar-refractivity contribution in [2.45, 2.75) is 25.8 Å². The molecular formula is C9H12N2O4. The molecule has 0 N–H and O–H groups in total. The minimum Gasteiger partial charge on any atom is -0.464 e. The van der Waals surface area contributed by atoms with E-state index >= 15 is 0 Å². The average molecular weight is 212 g/mol. The number of carbonyl (C=O) groups excluding carboxylic acids is 3. The molecule has 0 spiro atoms. The lowest BCUT2D eigenvalue weighted by molar-refractivity contribution is -0.144. The van der Waals surface area contributed by atoms with E-state index in [0.29, 0.717) is 12.8 Å². The summed E-state index contributed by atoms with van der Waals surface area (Å²) in [4.78, 5) is 37.6. The molecule has 0 fully saturated rings. The molecule has 0 aromatic heterocycles. The molecule has 15 heavy (non-hydrogen) atoms. The quantitative estimate of drug-likeness (QED) is 0.264. The van der Waals surface area contributed by atoms with Gasteiger partial charge in [-0.2, -0.15) is 4.99 Å². The zero-order chi connectivity index (χ0) is 11.5. The lowest BCUT2D eigenvalue weighted by Gasteiger charge is -2.07. The van der Waals surface area contributed by atoms with Gasteiger partial charge in [0.25, 0.3) is 0 Å². The molecule has 1 unspecified atom stereocenters. The van der Waals surface area contributed by atoms with E-state index in [1.54, 1.807) is 6.92 Å². The summed E-state index contributed by atoms with van der Waals surface area (Å²) in [6.45, 7) is 2.15. The van der Waals surface area contributed by atoms with Gasteiger partial charge in [-0.15, -0.1) is 0 Å². The van der Waals surface area contributed by atoms with Crippen LogP contribution in [-0.4, -0.2) is 37.3 Å². The van der Waals surface area contributed by atoms with Crippen LogP contribution in [0.4, 0.5) is 0 Å². The molecule has 0 aliphatic carbocycles. The number of nitrogens with zero attached hydrogens (tertiary/aromatic N) is 2. The summed E-state index contributed by atoms with van der Waals surface area (Å²) in [5.74, 6) is -0.559. The number of ether oxygens (including phenoxy) is 1. The van der Waals surface area contributed by atoms with Gasteiger partial charge in [-0.1, -0.05) is 0 Å². The Balaban J connectivity index is 4.09. The van der Waals surface area contributed by atoms with Gasteiger partial charge in [0.15, 0.2) is 6.04 Å². The van der Waals surface area contributed by atoms with Crippen molar-refractivity contribution in [3.05, 3.63) is 0 Å². The normalized spacial score (nSPS) is 10.7. The predicted octanol–water partition coefficient (Wildman–Crippen LogP) is 0.370. The van der Waals surface area contributed by atoms with Crippen LogP contribution < -0.4 is 0 Å². The number of rotatable bonds is 7. The van der Waals surface area contributed by atoms with Gasteiger partial charge in [-0.05, 0) is 19.8 Å². The van der Waals surface area contributed by atoms with Crippen LogP contribution in [-0.2, 0) is 19.1 Å². The van der Waals surface area contributed by atoms with E-state index in [2.05, 4.69) is 9.98 Å². The topological polar surface area (TPSA) is 85.2 Å². The number of aliphatic imine (C=N–C) groups is 2. The Labute approximate surface area is 87.0 Å². The Bertz CT molecular complexity index is 290. The fourth-order valence-corrected chi connectivity index (χ4v) is 0.947. The van der Waals surface area contributed by atoms with Crippen LogP contribution in [0.25, 0.3) is 0 Å². The Hall–Kier alpha value is -1.77. The highest BCUT2D eigenvalue weighted by molar-refractivity contribution is 5.76. The van der Waals surface area contributed by atoms with E-state index in [1.165, 1.54) is 12.2 Å². The Kier molecular flexibility index (Phi) is 7.77. The molecule has 82 valence electrons. The van der Waals surface area contributed by atoms with Crippen LogP contribution in [0.1, 0.15) is 19.8 Å². The van der Waals surface area contributed by atoms with E-state index in [0.717, 1.165) is 0 Å². The van der Waals surface area contributed by atoms with E-state index < -0.39 is 12.0 Å². The molecule has 0 aromatic rings. The summed E-state index contributed by atoms with van der Waals surface area (Å²) in [6.07, 6.45) is 3.46. The Morgan fingerprint density at radius 1 is 1.40 bits per heavy atom. The van der Waals surface area contributed by atoms with Crippen LogP contribution in [0.15, 0.2) is 9.98 Å². The molecule has 0 bridgehead atoms. The molecule has 6 heteroatoms. The van der Waals surface area contributed by atoms with Crippen molar-refractivity contribution < 1.29 is 19.1 Å². The number of isocyanates is 2. The van der Waals surface area contributed by atoms with Crippen molar-refractivity contribution in [2.24, 2.45) is 9.98 Å². The molecule has 0 heterocycles. The van der Waals surface area contributed by atoms with Crippen molar-refractivity contribution in [1.29, 1.82) is 0 Å². The molecule has 6 nitrogen and oxygen atoms in total. The summed E-state index contributed by atoms with van der Waals surface area (Å²) in [5.41, 5.74) is 0. The number of hydrogen-bond acceptors (Lipinski definition) is 6. The lowest BCUT2D eigenvalue weighted by Crippen LogP contribution is -2.21. The molecule has 0 amide bonds. The largest absolute Gasteiger partial charge is 0.464 e. The van der Waals surface area contributed by atoms with E-state index in [1.807, 2.05) is 0 Å². The number of carbonyl (C=O) groups is 1. The molecule has 0 aliphatic heterocycles. The summed E-state index contributed by atoms with van der Waals surface area (Å²) < 4.78 is 4.69. The number of hydrogen-bond donors (Lipinski definition) is 0. The first kappa shape index (κ1) is 13.2.